The maximum absolute atomic E-state index is 11.2. The average Bonchev–Trinajstić information content (AvgIpc) is 2.44. The molecule has 1 aromatic carbocycles. The van der Waals surface area contributed by atoms with Crippen LogP contribution in [0.1, 0.15) is 18.9 Å². The molecule has 0 aliphatic carbocycles. The predicted octanol–water partition coefficient (Wildman–Crippen LogP) is 2.84. The number of benzene rings is 1. The molecule has 4 nitrogen and oxygen atoms in total. The van der Waals surface area contributed by atoms with E-state index in [0.717, 1.165) is 28.9 Å². The van der Waals surface area contributed by atoms with E-state index in [0.29, 0.717) is 13.0 Å². The molecule has 0 aromatic heterocycles. The van der Waals surface area contributed by atoms with Gasteiger partial charge in [0.25, 0.3) is 0 Å². The van der Waals surface area contributed by atoms with E-state index in [1.807, 2.05) is 18.2 Å². The summed E-state index contributed by atoms with van der Waals surface area (Å²) in [6.45, 7) is 4.41. The minimum absolute atomic E-state index is 0.178. The normalized spacial score (nSPS) is 10.6. The zero-order valence-corrected chi connectivity index (χ0v) is 13.2. The van der Waals surface area contributed by atoms with Crippen LogP contribution in [0, 0.1) is 0 Å². The Bertz CT molecular complexity index is 423. The van der Waals surface area contributed by atoms with Crippen LogP contribution in [0.3, 0.4) is 0 Å². The lowest BCUT2D eigenvalue weighted by atomic mass is 10.2. The number of carbonyl (C=O) groups is 1. The van der Waals surface area contributed by atoms with Crippen molar-refractivity contribution in [2.45, 2.75) is 19.9 Å². The Morgan fingerprint density at radius 2 is 2.11 bits per heavy atom. The average molecular weight is 330 g/mol. The van der Waals surface area contributed by atoms with Crippen LogP contribution in [-0.2, 0) is 16.1 Å². The van der Waals surface area contributed by atoms with Gasteiger partial charge < -0.3 is 9.47 Å². The number of carbonyl (C=O) groups excluding carboxylic acids is 1. The van der Waals surface area contributed by atoms with E-state index in [-0.39, 0.29) is 5.97 Å². The summed E-state index contributed by atoms with van der Waals surface area (Å²) in [5, 5.41) is 0. The quantitative estimate of drug-likeness (QED) is 0.721. The van der Waals surface area contributed by atoms with Crippen molar-refractivity contribution in [2.24, 2.45) is 0 Å². The Hall–Kier alpha value is -1.07. The zero-order valence-electron chi connectivity index (χ0n) is 11.6. The monoisotopic (exact) mass is 329 g/mol. The SMILES string of the molecule is CCN(CCC(=O)OC)Cc1cc(OC)ccc1Br. The van der Waals surface area contributed by atoms with Crippen LogP contribution in [0.25, 0.3) is 0 Å². The van der Waals surface area contributed by atoms with E-state index in [1.165, 1.54) is 7.11 Å². The van der Waals surface area contributed by atoms with Crippen LogP contribution < -0.4 is 4.74 Å². The first-order valence-electron chi connectivity index (χ1n) is 6.22. The Morgan fingerprint density at radius 3 is 2.68 bits per heavy atom. The maximum atomic E-state index is 11.2. The fraction of sp³-hybridized carbons (Fsp3) is 0.500. The molecule has 0 spiro atoms. The van der Waals surface area contributed by atoms with Gasteiger partial charge in [0.1, 0.15) is 5.75 Å². The third kappa shape index (κ3) is 5.20. The third-order valence-electron chi connectivity index (χ3n) is 2.95. The first-order chi connectivity index (χ1) is 9.10. The van der Waals surface area contributed by atoms with Crippen LogP contribution in [0.2, 0.25) is 0 Å². The summed E-state index contributed by atoms with van der Waals surface area (Å²) >= 11 is 3.54. The summed E-state index contributed by atoms with van der Waals surface area (Å²) in [7, 11) is 3.07. The van der Waals surface area contributed by atoms with Gasteiger partial charge in [0.15, 0.2) is 0 Å². The Labute approximate surface area is 122 Å². The van der Waals surface area contributed by atoms with Crippen molar-refractivity contribution in [3.8, 4) is 5.75 Å². The summed E-state index contributed by atoms with van der Waals surface area (Å²) < 4.78 is 10.9. The lowest BCUT2D eigenvalue weighted by molar-refractivity contribution is -0.141. The van der Waals surface area contributed by atoms with E-state index >= 15 is 0 Å². The van der Waals surface area contributed by atoms with Gasteiger partial charge in [-0.2, -0.15) is 0 Å². The highest BCUT2D eigenvalue weighted by Gasteiger charge is 2.10. The van der Waals surface area contributed by atoms with Gasteiger partial charge in [0, 0.05) is 17.6 Å². The molecule has 1 rings (SSSR count). The van der Waals surface area contributed by atoms with Gasteiger partial charge in [-0.3, -0.25) is 9.69 Å². The van der Waals surface area contributed by atoms with Crippen LogP contribution in [-0.4, -0.2) is 38.2 Å². The second-order valence-corrected chi connectivity index (χ2v) is 5.01. The molecule has 5 heteroatoms. The predicted molar refractivity (Wildman–Crippen MR) is 78.3 cm³/mol. The first-order valence-corrected chi connectivity index (χ1v) is 7.01. The molecule has 0 fully saturated rings. The number of nitrogens with zero attached hydrogens (tertiary/aromatic N) is 1. The van der Waals surface area contributed by atoms with Crippen molar-refractivity contribution in [1.82, 2.24) is 4.90 Å². The van der Waals surface area contributed by atoms with Crippen LogP contribution in [0.15, 0.2) is 22.7 Å². The van der Waals surface area contributed by atoms with Crippen molar-refractivity contribution >= 4 is 21.9 Å². The topological polar surface area (TPSA) is 38.8 Å². The fourth-order valence-corrected chi connectivity index (χ4v) is 2.11. The molecule has 0 aliphatic heterocycles. The van der Waals surface area contributed by atoms with Crippen molar-refractivity contribution < 1.29 is 14.3 Å². The summed E-state index contributed by atoms with van der Waals surface area (Å²) in [4.78, 5) is 13.4. The summed E-state index contributed by atoms with van der Waals surface area (Å²) in [5.74, 6) is 0.658. The van der Waals surface area contributed by atoms with E-state index in [2.05, 4.69) is 32.5 Å². The number of ether oxygens (including phenoxy) is 2. The lowest BCUT2D eigenvalue weighted by Gasteiger charge is -2.20. The van der Waals surface area contributed by atoms with E-state index < -0.39 is 0 Å². The summed E-state index contributed by atoms with van der Waals surface area (Å²) in [6.07, 6.45) is 0.409. The maximum Gasteiger partial charge on any atom is 0.306 e. The molecule has 1 aromatic rings. The van der Waals surface area contributed by atoms with Crippen LogP contribution in [0.4, 0.5) is 0 Å². The van der Waals surface area contributed by atoms with Gasteiger partial charge in [-0.05, 0) is 30.3 Å². The molecular weight excluding hydrogens is 310 g/mol. The number of methoxy groups -OCH3 is 2. The van der Waals surface area contributed by atoms with Crippen molar-refractivity contribution in [3.05, 3.63) is 28.2 Å². The number of hydrogen-bond acceptors (Lipinski definition) is 4. The van der Waals surface area contributed by atoms with Gasteiger partial charge >= 0.3 is 5.97 Å². The van der Waals surface area contributed by atoms with E-state index in [1.54, 1.807) is 7.11 Å². The molecule has 0 radical (unpaired) electrons. The fourth-order valence-electron chi connectivity index (χ4n) is 1.74. The summed E-state index contributed by atoms with van der Waals surface area (Å²) in [6, 6.07) is 5.89. The number of hydrogen-bond donors (Lipinski definition) is 0. The second kappa shape index (κ2) is 8.17. The molecule has 0 bridgehead atoms. The first kappa shape index (κ1) is 16.0. The van der Waals surface area contributed by atoms with Crippen molar-refractivity contribution in [3.63, 3.8) is 0 Å². The Balaban J connectivity index is 2.66. The Kier molecular flexibility index (Phi) is 6.87. The molecule has 106 valence electrons. The zero-order chi connectivity index (χ0) is 14.3. The molecule has 0 unspecified atom stereocenters. The largest absolute Gasteiger partial charge is 0.497 e. The van der Waals surface area contributed by atoms with Crippen molar-refractivity contribution in [2.75, 3.05) is 27.3 Å². The Morgan fingerprint density at radius 1 is 1.37 bits per heavy atom. The lowest BCUT2D eigenvalue weighted by Crippen LogP contribution is -2.26. The number of esters is 1. The van der Waals surface area contributed by atoms with Crippen LogP contribution >= 0.6 is 15.9 Å². The highest BCUT2D eigenvalue weighted by atomic mass is 79.9. The standard InChI is InChI=1S/C14H20BrNO3/c1-4-16(8-7-14(17)19-3)10-11-9-12(18-2)5-6-13(11)15/h5-6,9H,4,7-8,10H2,1-3H3. The van der Waals surface area contributed by atoms with Crippen LogP contribution in [0.5, 0.6) is 5.75 Å². The van der Waals surface area contributed by atoms with E-state index in [4.69, 9.17) is 4.74 Å². The van der Waals surface area contributed by atoms with E-state index in [9.17, 15) is 4.79 Å². The molecule has 0 heterocycles. The molecule has 0 atom stereocenters. The molecule has 19 heavy (non-hydrogen) atoms. The molecular formula is C14H20BrNO3. The molecule has 0 N–H and O–H groups in total. The summed E-state index contributed by atoms with van der Waals surface area (Å²) in [5.41, 5.74) is 1.14. The van der Waals surface area contributed by atoms with Gasteiger partial charge in [0.05, 0.1) is 20.6 Å². The molecule has 0 amide bonds. The van der Waals surface area contributed by atoms with Gasteiger partial charge in [-0.1, -0.05) is 22.9 Å². The number of halogens is 1. The molecule has 0 saturated carbocycles. The highest BCUT2D eigenvalue weighted by molar-refractivity contribution is 9.10. The van der Waals surface area contributed by atoms with Gasteiger partial charge in [-0.25, -0.2) is 0 Å². The third-order valence-corrected chi connectivity index (χ3v) is 3.73. The molecule has 0 saturated heterocycles. The van der Waals surface area contributed by atoms with Gasteiger partial charge in [-0.15, -0.1) is 0 Å². The minimum Gasteiger partial charge on any atom is -0.497 e. The highest BCUT2D eigenvalue weighted by Crippen LogP contribution is 2.23. The van der Waals surface area contributed by atoms with Crippen molar-refractivity contribution in [1.29, 1.82) is 0 Å². The molecule has 0 aliphatic rings. The minimum atomic E-state index is -0.178. The van der Waals surface area contributed by atoms with Gasteiger partial charge in [0.2, 0.25) is 0 Å². The smallest absolute Gasteiger partial charge is 0.306 e. The number of rotatable bonds is 7. The second-order valence-electron chi connectivity index (χ2n) is 4.15.